The molecule has 14 heavy (non-hydrogen) atoms. The molecule has 1 aliphatic rings. The third kappa shape index (κ3) is 1.65. The van der Waals surface area contributed by atoms with Crippen LogP contribution in [0.4, 0.5) is 0 Å². The summed E-state index contributed by atoms with van der Waals surface area (Å²) in [6, 6.07) is 0. The van der Waals surface area contributed by atoms with Gasteiger partial charge in [0, 0.05) is 5.38 Å². The van der Waals surface area contributed by atoms with E-state index < -0.39 is 0 Å². The van der Waals surface area contributed by atoms with E-state index in [0.29, 0.717) is 5.69 Å². The molecule has 0 saturated heterocycles. The van der Waals surface area contributed by atoms with Crippen molar-refractivity contribution in [1.29, 1.82) is 0 Å². The van der Waals surface area contributed by atoms with Crippen LogP contribution < -0.4 is 5.32 Å². The molecule has 2 N–H and O–H groups in total. The predicted molar refractivity (Wildman–Crippen MR) is 53.2 cm³/mol. The van der Waals surface area contributed by atoms with Gasteiger partial charge in [0.2, 0.25) is 0 Å². The predicted octanol–water partition coefficient (Wildman–Crippen LogP) is 0.788. The first-order valence-corrected chi connectivity index (χ1v) is 5.52. The fraction of sp³-hybridized carbons (Fsp3) is 0.556. The van der Waals surface area contributed by atoms with E-state index in [1.165, 1.54) is 11.3 Å². The molecular weight excluding hydrogens is 200 g/mol. The van der Waals surface area contributed by atoms with Crippen LogP contribution in [0.5, 0.6) is 0 Å². The Morgan fingerprint density at radius 1 is 1.71 bits per heavy atom. The number of amides is 1. The van der Waals surface area contributed by atoms with Crippen molar-refractivity contribution in [3.63, 3.8) is 0 Å². The highest BCUT2D eigenvalue weighted by atomic mass is 32.1. The summed E-state index contributed by atoms with van der Waals surface area (Å²) in [7, 11) is 0. The highest BCUT2D eigenvalue weighted by Gasteiger charge is 2.38. The molecule has 1 aromatic heterocycles. The van der Waals surface area contributed by atoms with Crippen molar-refractivity contribution in [1.82, 2.24) is 10.3 Å². The minimum absolute atomic E-state index is 0.0167. The number of thiazole rings is 1. The van der Waals surface area contributed by atoms with Crippen molar-refractivity contribution in [2.75, 3.05) is 6.61 Å². The van der Waals surface area contributed by atoms with Crippen LogP contribution in [-0.4, -0.2) is 28.1 Å². The van der Waals surface area contributed by atoms with Crippen LogP contribution in [0.1, 0.15) is 29.8 Å². The number of aromatic nitrogens is 1. The summed E-state index contributed by atoms with van der Waals surface area (Å²) in [5, 5.41) is 13.7. The SMILES string of the molecule is O=C(NC1(CO)CCC1)c1cscn1. The number of carbonyl (C=O) groups is 1. The van der Waals surface area contributed by atoms with Gasteiger partial charge in [0.25, 0.3) is 5.91 Å². The minimum Gasteiger partial charge on any atom is -0.394 e. The number of nitrogens with one attached hydrogen (secondary N) is 1. The Morgan fingerprint density at radius 3 is 2.93 bits per heavy atom. The third-order valence-corrected chi connectivity index (χ3v) is 3.24. The van der Waals surface area contributed by atoms with E-state index in [-0.39, 0.29) is 18.1 Å². The van der Waals surface area contributed by atoms with Crippen LogP contribution in [0.25, 0.3) is 0 Å². The summed E-state index contributed by atoms with van der Waals surface area (Å²) in [6.07, 6.45) is 2.79. The van der Waals surface area contributed by atoms with Crippen LogP contribution >= 0.6 is 11.3 Å². The molecule has 0 radical (unpaired) electrons. The van der Waals surface area contributed by atoms with Crippen LogP contribution in [0.15, 0.2) is 10.9 Å². The quantitative estimate of drug-likeness (QED) is 0.778. The molecule has 0 bridgehead atoms. The molecule has 2 rings (SSSR count). The summed E-state index contributed by atoms with van der Waals surface area (Å²) in [5.74, 6) is -0.181. The fourth-order valence-electron chi connectivity index (χ4n) is 1.56. The molecular formula is C9H12N2O2S. The Hall–Kier alpha value is -0.940. The van der Waals surface area contributed by atoms with Crippen LogP contribution in [0.2, 0.25) is 0 Å². The zero-order valence-corrected chi connectivity index (χ0v) is 8.51. The van der Waals surface area contributed by atoms with Gasteiger partial charge in [-0.1, -0.05) is 0 Å². The topological polar surface area (TPSA) is 62.2 Å². The number of rotatable bonds is 3. The molecule has 1 heterocycles. The van der Waals surface area contributed by atoms with Crippen LogP contribution in [0, 0.1) is 0 Å². The van der Waals surface area contributed by atoms with Gasteiger partial charge >= 0.3 is 0 Å². The zero-order valence-electron chi connectivity index (χ0n) is 7.69. The lowest BCUT2D eigenvalue weighted by molar-refractivity contribution is 0.0638. The average Bonchev–Trinajstić information content (AvgIpc) is 2.63. The Balaban J connectivity index is 2.01. The highest BCUT2D eigenvalue weighted by molar-refractivity contribution is 7.07. The number of hydrogen-bond acceptors (Lipinski definition) is 4. The first-order valence-electron chi connectivity index (χ1n) is 4.57. The maximum Gasteiger partial charge on any atom is 0.271 e. The van der Waals surface area contributed by atoms with Crippen molar-refractivity contribution in [2.45, 2.75) is 24.8 Å². The summed E-state index contributed by atoms with van der Waals surface area (Å²) >= 11 is 1.39. The molecule has 76 valence electrons. The van der Waals surface area contributed by atoms with Gasteiger partial charge < -0.3 is 10.4 Å². The smallest absolute Gasteiger partial charge is 0.271 e. The number of hydrogen-bond donors (Lipinski definition) is 2. The van der Waals surface area contributed by atoms with Gasteiger partial charge in [-0.05, 0) is 19.3 Å². The molecule has 5 heteroatoms. The second-order valence-corrected chi connectivity index (χ2v) is 4.34. The molecule has 0 atom stereocenters. The van der Waals surface area contributed by atoms with Crippen LogP contribution in [-0.2, 0) is 0 Å². The second-order valence-electron chi connectivity index (χ2n) is 3.62. The second kappa shape index (κ2) is 3.67. The maximum absolute atomic E-state index is 11.6. The average molecular weight is 212 g/mol. The van der Waals surface area contributed by atoms with Gasteiger partial charge in [-0.25, -0.2) is 4.98 Å². The van der Waals surface area contributed by atoms with Gasteiger partial charge in [0.05, 0.1) is 17.7 Å². The van der Waals surface area contributed by atoms with Gasteiger partial charge in [0.15, 0.2) is 0 Å². The summed E-state index contributed by atoms with van der Waals surface area (Å²) in [6.45, 7) is 0.0167. The zero-order chi connectivity index (χ0) is 10.0. The van der Waals surface area contributed by atoms with E-state index in [1.807, 2.05) is 0 Å². The summed E-state index contributed by atoms with van der Waals surface area (Å²) in [4.78, 5) is 15.5. The van der Waals surface area contributed by atoms with E-state index in [9.17, 15) is 4.79 Å². The molecule has 1 amide bonds. The van der Waals surface area contributed by atoms with E-state index in [0.717, 1.165) is 19.3 Å². The Kier molecular flexibility index (Phi) is 2.52. The lowest BCUT2D eigenvalue weighted by Gasteiger charge is -2.40. The highest BCUT2D eigenvalue weighted by Crippen LogP contribution is 2.31. The van der Waals surface area contributed by atoms with E-state index >= 15 is 0 Å². The molecule has 0 unspecified atom stereocenters. The lowest BCUT2D eigenvalue weighted by Crippen LogP contribution is -2.56. The standard InChI is InChI=1S/C9H12N2O2S/c12-5-9(2-1-3-9)11-8(13)7-4-14-6-10-7/h4,6,12H,1-3,5H2,(H,11,13). The lowest BCUT2D eigenvalue weighted by atomic mass is 9.77. The molecule has 0 spiro atoms. The Morgan fingerprint density at radius 2 is 2.50 bits per heavy atom. The van der Waals surface area contributed by atoms with E-state index in [1.54, 1.807) is 10.9 Å². The summed E-state index contributed by atoms with van der Waals surface area (Å²) < 4.78 is 0. The van der Waals surface area contributed by atoms with E-state index in [4.69, 9.17) is 5.11 Å². The molecule has 1 fully saturated rings. The Bertz CT molecular complexity index is 314. The van der Waals surface area contributed by atoms with Crippen molar-refractivity contribution >= 4 is 17.2 Å². The maximum atomic E-state index is 11.6. The third-order valence-electron chi connectivity index (χ3n) is 2.66. The number of aliphatic hydroxyl groups is 1. The van der Waals surface area contributed by atoms with E-state index in [2.05, 4.69) is 10.3 Å². The number of carbonyl (C=O) groups excluding carboxylic acids is 1. The minimum atomic E-state index is -0.374. The van der Waals surface area contributed by atoms with Gasteiger partial charge in [-0.3, -0.25) is 4.79 Å². The first-order chi connectivity index (χ1) is 6.76. The Labute approximate surface area is 86.0 Å². The molecule has 1 saturated carbocycles. The molecule has 0 aromatic carbocycles. The van der Waals surface area contributed by atoms with Crippen LogP contribution in [0.3, 0.4) is 0 Å². The first kappa shape index (κ1) is 9.61. The van der Waals surface area contributed by atoms with Crippen molar-refractivity contribution < 1.29 is 9.90 Å². The molecule has 4 nitrogen and oxygen atoms in total. The molecule has 0 aliphatic heterocycles. The molecule has 1 aliphatic carbocycles. The fourth-order valence-corrected chi connectivity index (χ4v) is 2.09. The van der Waals surface area contributed by atoms with Crippen molar-refractivity contribution in [3.8, 4) is 0 Å². The number of aliphatic hydroxyl groups excluding tert-OH is 1. The van der Waals surface area contributed by atoms with Gasteiger partial charge in [-0.2, -0.15) is 0 Å². The van der Waals surface area contributed by atoms with Gasteiger partial charge in [-0.15, -0.1) is 11.3 Å². The monoisotopic (exact) mass is 212 g/mol. The summed E-state index contributed by atoms with van der Waals surface area (Å²) in [5.41, 5.74) is 1.69. The van der Waals surface area contributed by atoms with Crippen molar-refractivity contribution in [2.24, 2.45) is 0 Å². The largest absolute Gasteiger partial charge is 0.394 e. The molecule has 1 aromatic rings. The normalized spacial score (nSPS) is 18.6. The van der Waals surface area contributed by atoms with Gasteiger partial charge in [0.1, 0.15) is 5.69 Å². The number of nitrogens with zero attached hydrogens (tertiary/aromatic N) is 1. The van der Waals surface area contributed by atoms with Crippen molar-refractivity contribution in [3.05, 3.63) is 16.6 Å².